The van der Waals surface area contributed by atoms with Gasteiger partial charge in [0.15, 0.2) is 0 Å². The van der Waals surface area contributed by atoms with Gasteiger partial charge in [-0.2, -0.15) is 0 Å². The molecule has 0 aromatic heterocycles. The molecule has 0 saturated heterocycles. The predicted molar refractivity (Wildman–Crippen MR) is 89.3 cm³/mol. The number of hydrogen-bond acceptors (Lipinski definition) is 3. The average Bonchev–Trinajstić information content (AvgIpc) is 2.47. The van der Waals surface area contributed by atoms with Crippen LogP contribution in [0.4, 0.5) is 5.69 Å². The molecule has 0 aliphatic rings. The highest BCUT2D eigenvalue weighted by atomic mass is 32.2. The van der Waals surface area contributed by atoms with Crippen LogP contribution in [0.2, 0.25) is 0 Å². The summed E-state index contributed by atoms with van der Waals surface area (Å²) in [6, 6.07) is 15.7. The van der Waals surface area contributed by atoms with Gasteiger partial charge in [-0.25, -0.2) is 0 Å². The number of amides is 1. The van der Waals surface area contributed by atoms with Crippen LogP contribution in [0.5, 0.6) is 0 Å². The van der Waals surface area contributed by atoms with Gasteiger partial charge in [0.2, 0.25) is 5.91 Å². The number of hydrogen-bond donors (Lipinski definition) is 2. The summed E-state index contributed by atoms with van der Waals surface area (Å²) in [5.74, 6) is 0.438. The Morgan fingerprint density at radius 3 is 2.52 bits per heavy atom. The maximum absolute atomic E-state index is 12.0. The third-order valence-electron chi connectivity index (χ3n) is 3.28. The molecule has 0 fully saturated rings. The highest BCUT2D eigenvalue weighted by Gasteiger charge is 2.11. The van der Waals surface area contributed by atoms with Gasteiger partial charge in [0.1, 0.15) is 0 Å². The molecule has 2 aromatic carbocycles. The van der Waals surface area contributed by atoms with Crippen molar-refractivity contribution >= 4 is 23.4 Å². The molecule has 0 heterocycles. The van der Waals surface area contributed by atoms with Crippen LogP contribution in [0.25, 0.3) is 0 Å². The second kappa shape index (κ2) is 7.18. The van der Waals surface area contributed by atoms with E-state index >= 15 is 0 Å². The molecule has 110 valence electrons. The van der Waals surface area contributed by atoms with Gasteiger partial charge in [0.05, 0.1) is 11.8 Å². The van der Waals surface area contributed by atoms with Gasteiger partial charge < -0.3 is 11.1 Å². The largest absolute Gasteiger partial charge is 0.399 e. The SMILES string of the molecule is Cc1ccccc1C(C)NC(=O)CSc1ccc(N)cc1. The van der Waals surface area contributed by atoms with Gasteiger partial charge >= 0.3 is 0 Å². The van der Waals surface area contributed by atoms with Crippen LogP contribution >= 0.6 is 11.8 Å². The molecule has 1 atom stereocenters. The van der Waals surface area contributed by atoms with Gasteiger partial charge in [-0.15, -0.1) is 11.8 Å². The zero-order valence-electron chi connectivity index (χ0n) is 12.3. The van der Waals surface area contributed by atoms with E-state index in [9.17, 15) is 4.79 Å². The fourth-order valence-corrected chi connectivity index (χ4v) is 2.86. The van der Waals surface area contributed by atoms with Crippen molar-refractivity contribution in [3.05, 3.63) is 59.7 Å². The second-order valence-corrected chi connectivity index (χ2v) is 6.05. The van der Waals surface area contributed by atoms with Crippen LogP contribution in [-0.2, 0) is 4.79 Å². The summed E-state index contributed by atoms with van der Waals surface area (Å²) in [5, 5.41) is 3.03. The Hall–Kier alpha value is -1.94. The van der Waals surface area contributed by atoms with E-state index in [1.54, 1.807) is 0 Å². The lowest BCUT2D eigenvalue weighted by Crippen LogP contribution is -2.28. The van der Waals surface area contributed by atoms with Crippen LogP contribution in [0.3, 0.4) is 0 Å². The number of benzene rings is 2. The Morgan fingerprint density at radius 1 is 1.19 bits per heavy atom. The van der Waals surface area contributed by atoms with Gasteiger partial charge in [-0.1, -0.05) is 24.3 Å². The van der Waals surface area contributed by atoms with Crippen LogP contribution in [0.1, 0.15) is 24.1 Å². The Balaban J connectivity index is 1.87. The lowest BCUT2D eigenvalue weighted by atomic mass is 10.0. The van der Waals surface area contributed by atoms with Crippen molar-refractivity contribution in [1.29, 1.82) is 0 Å². The maximum atomic E-state index is 12.0. The first-order chi connectivity index (χ1) is 10.1. The molecular weight excluding hydrogens is 280 g/mol. The number of nitrogens with one attached hydrogen (secondary N) is 1. The molecule has 21 heavy (non-hydrogen) atoms. The molecule has 3 nitrogen and oxygen atoms in total. The summed E-state index contributed by atoms with van der Waals surface area (Å²) < 4.78 is 0. The lowest BCUT2D eigenvalue weighted by molar-refractivity contribution is -0.119. The first-order valence-electron chi connectivity index (χ1n) is 6.89. The first kappa shape index (κ1) is 15.4. The summed E-state index contributed by atoms with van der Waals surface area (Å²) in [4.78, 5) is 13.1. The summed E-state index contributed by atoms with van der Waals surface area (Å²) in [6.07, 6.45) is 0. The van der Waals surface area contributed by atoms with E-state index in [1.165, 1.54) is 17.3 Å². The quantitative estimate of drug-likeness (QED) is 0.656. The van der Waals surface area contributed by atoms with Crippen LogP contribution in [-0.4, -0.2) is 11.7 Å². The number of anilines is 1. The predicted octanol–water partition coefficient (Wildman–Crippen LogP) is 3.55. The normalized spacial score (nSPS) is 11.9. The topological polar surface area (TPSA) is 55.1 Å². The smallest absolute Gasteiger partial charge is 0.230 e. The summed E-state index contributed by atoms with van der Waals surface area (Å²) in [7, 11) is 0. The van der Waals surface area contributed by atoms with Gasteiger partial charge in [-0.05, 0) is 49.2 Å². The van der Waals surface area contributed by atoms with Gasteiger partial charge in [0.25, 0.3) is 0 Å². The third-order valence-corrected chi connectivity index (χ3v) is 4.29. The zero-order valence-corrected chi connectivity index (χ0v) is 13.1. The fourth-order valence-electron chi connectivity index (χ4n) is 2.15. The van der Waals surface area contributed by atoms with E-state index in [-0.39, 0.29) is 11.9 Å². The molecule has 2 rings (SSSR count). The molecule has 0 aliphatic carbocycles. The van der Waals surface area contributed by atoms with Gasteiger partial charge in [0, 0.05) is 10.6 Å². The Morgan fingerprint density at radius 2 is 1.86 bits per heavy atom. The number of thioether (sulfide) groups is 1. The first-order valence-corrected chi connectivity index (χ1v) is 7.88. The molecule has 4 heteroatoms. The average molecular weight is 300 g/mol. The molecular formula is C17H20N2OS. The molecule has 2 aromatic rings. The van der Waals surface area contributed by atoms with E-state index in [0.717, 1.165) is 16.1 Å². The lowest BCUT2D eigenvalue weighted by Gasteiger charge is -2.16. The van der Waals surface area contributed by atoms with Crippen LogP contribution < -0.4 is 11.1 Å². The number of carbonyl (C=O) groups excluding carboxylic acids is 1. The maximum Gasteiger partial charge on any atom is 0.230 e. The molecule has 0 aliphatic heterocycles. The zero-order chi connectivity index (χ0) is 15.2. The molecule has 3 N–H and O–H groups in total. The molecule has 1 unspecified atom stereocenters. The monoisotopic (exact) mass is 300 g/mol. The minimum Gasteiger partial charge on any atom is -0.399 e. The van der Waals surface area contributed by atoms with Crippen molar-refractivity contribution in [2.75, 3.05) is 11.5 Å². The molecule has 0 radical (unpaired) electrons. The molecule has 0 saturated carbocycles. The van der Waals surface area contributed by atoms with E-state index in [0.29, 0.717) is 5.75 Å². The van der Waals surface area contributed by atoms with Crippen molar-refractivity contribution in [1.82, 2.24) is 5.32 Å². The molecule has 0 spiro atoms. The fraction of sp³-hybridized carbons (Fsp3) is 0.235. The van der Waals surface area contributed by atoms with E-state index < -0.39 is 0 Å². The van der Waals surface area contributed by atoms with E-state index in [1.807, 2.05) is 49.4 Å². The standard InChI is InChI=1S/C17H20N2OS/c1-12-5-3-4-6-16(12)13(2)19-17(20)11-21-15-9-7-14(18)8-10-15/h3-10,13H,11,18H2,1-2H3,(H,19,20). The minimum absolute atomic E-state index is 0.0192. The van der Waals surface area contributed by atoms with Crippen molar-refractivity contribution in [2.45, 2.75) is 24.8 Å². The van der Waals surface area contributed by atoms with Crippen molar-refractivity contribution in [3.63, 3.8) is 0 Å². The van der Waals surface area contributed by atoms with Crippen LogP contribution in [0, 0.1) is 6.92 Å². The third kappa shape index (κ3) is 4.53. The Labute approximate surface area is 129 Å². The minimum atomic E-state index is 0.0192. The molecule has 1 amide bonds. The van der Waals surface area contributed by atoms with Crippen molar-refractivity contribution in [2.24, 2.45) is 0 Å². The highest BCUT2D eigenvalue weighted by molar-refractivity contribution is 8.00. The van der Waals surface area contributed by atoms with E-state index in [4.69, 9.17) is 5.73 Å². The summed E-state index contributed by atoms with van der Waals surface area (Å²) in [6.45, 7) is 4.06. The number of aryl methyl sites for hydroxylation is 1. The number of rotatable bonds is 5. The van der Waals surface area contributed by atoms with Gasteiger partial charge in [-0.3, -0.25) is 4.79 Å². The highest BCUT2D eigenvalue weighted by Crippen LogP contribution is 2.20. The van der Waals surface area contributed by atoms with Crippen molar-refractivity contribution in [3.8, 4) is 0 Å². The number of nitrogens with two attached hydrogens (primary N) is 1. The van der Waals surface area contributed by atoms with Crippen LogP contribution in [0.15, 0.2) is 53.4 Å². The Kier molecular flexibility index (Phi) is 5.28. The second-order valence-electron chi connectivity index (χ2n) is 5.00. The number of nitrogen functional groups attached to an aromatic ring is 1. The summed E-state index contributed by atoms with van der Waals surface area (Å²) >= 11 is 1.51. The molecule has 0 bridgehead atoms. The van der Waals surface area contributed by atoms with Crippen molar-refractivity contribution < 1.29 is 4.79 Å². The Bertz CT molecular complexity index is 610. The summed E-state index contributed by atoms with van der Waals surface area (Å²) in [5.41, 5.74) is 8.72. The van der Waals surface area contributed by atoms with E-state index in [2.05, 4.69) is 18.3 Å². The number of carbonyl (C=O) groups is 1.